The van der Waals surface area contributed by atoms with Crippen LogP contribution in [0.5, 0.6) is 0 Å². The summed E-state index contributed by atoms with van der Waals surface area (Å²) in [6.45, 7) is 0. The molecule has 2 nitrogen and oxygen atoms in total. The van der Waals surface area contributed by atoms with Crippen LogP contribution >= 0.6 is 31.9 Å². The maximum atomic E-state index is 12.4. The first-order valence-corrected chi connectivity index (χ1v) is 5.44. The third-order valence-corrected chi connectivity index (χ3v) is 3.11. The van der Waals surface area contributed by atoms with Gasteiger partial charge in [-0.05, 0) is 15.9 Å². The molecule has 0 aliphatic heterocycles. The fourth-order valence-corrected chi connectivity index (χ4v) is 2.44. The summed E-state index contributed by atoms with van der Waals surface area (Å²) in [6, 6.07) is 1.84. The highest BCUT2D eigenvalue weighted by Crippen LogP contribution is 2.31. The molecular formula is C8H4Br2F2N2. The van der Waals surface area contributed by atoms with E-state index in [1.807, 2.05) is 6.07 Å². The van der Waals surface area contributed by atoms with Gasteiger partial charge in [0.05, 0.1) is 5.56 Å². The molecule has 14 heavy (non-hydrogen) atoms. The molecule has 0 spiro atoms. The van der Waals surface area contributed by atoms with Gasteiger partial charge in [0.25, 0.3) is 6.43 Å². The van der Waals surface area contributed by atoms with E-state index in [1.165, 1.54) is 0 Å². The second-order valence-electron chi connectivity index (χ2n) is 2.40. The standard InChI is InChI=1S/C8H4Br2F2N2/c9-1-4-6(2-13)14-3-5(7(4)10)8(11)12/h3,8H,1H2. The molecule has 1 aromatic rings. The van der Waals surface area contributed by atoms with E-state index in [0.29, 0.717) is 10.9 Å². The zero-order valence-corrected chi connectivity index (χ0v) is 9.94. The van der Waals surface area contributed by atoms with Crippen LogP contribution in [0, 0.1) is 11.3 Å². The minimum absolute atomic E-state index is 0.151. The molecule has 0 N–H and O–H groups in total. The van der Waals surface area contributed by atoms with Gasteiger partial charge in [-0.25, -0.2) is 13.8 Å². The Bertz CT molecular complexity index is 388. The van der Waals surface area contributed by atoms with Crippen molar-refractivity contribution in [2.24, 2.45) is 0 Å². The highest BCUT2D eigenvalue weighted by Gasteiger charge is 2.17. The first kappa shape index (κ1) is 11.5. The Morgan fingerprint density at radius 2 is 2.21 bits per heavy atom. The van der Waals surface area contributed by atoms with Crippen LogP contribution in [0.15, 0.2) is 10.7 Å². The average Bonchev–Trinajstić information content (AvgIpc) is 2.16. The van der Waals surface area contributed by atoms with Gasteiger partial charge in [0.2, 0.25) is 0 Å². The summed E-state index contributed by atoms with van der Waals surface area (Å²) in [5.41, 5.74) is 0.405. The van der Waals surface area contributed by atoms with Crippen LogP contribution in [0.1, 0.15) is 23.2 Å². The topological polar surface area (TPSA) is 36.7 Å². The van der Waals surface area contributed by atoms with Gasteiger partial charge in [-0.3, -0.25) is 0 Å². The molecule has 1 rings (SSSR count). The number of pyridine rings is 1. The third kappa shape index (κ3) is 2.10. The number of rotatable bonds is 2. The largest absolute Gasteiger partial charge is 0.266 e. The first-order chi connectivity index (χ1) is 6.61. The molecule has 0 aliphatic carbocycles. The fourth-order valence-electron chi connectivity index (χ4n) is 0.917. The number of hydrogen-bond acceptors (Lipinski definition) is 2. The van der Waals surface area contributed by atoms with Crippen molar-refractivity contribution in [3.8, 4) is 6.07 Å². The van der Waals surface area contributed by atoms with E-state index in [1.54, 1.807) is 0 Å². The second-order valence-corrected chi connectivity index (χ2v) is 3.75. The van der Waals surface area contributed by atoms with Crippen molar-refractivity contribution in [1.82, 2.24) is 4.98 Å². The smallest absolute Gasteiger partial charge is 0.245 e. The lowest BCUT2D eigenvalue weighted by Crippen LogP contribution is -1.98. The minimum atomic E-state index is -2.59. The second kappa shape index (κ2) is 4.80. The molecule has 1 heterocycles. The van der Waals surface area contributed by atoms with E-state index in [9.17, 15) is 8.78 Å². The Kier molecular flexibility index (Phi) is 3.96. The SMILES string of the molecule is N#Cc1ncc(C(F)F)c(Br)c1CBr. The van der Waals surface area contributed by atoms with Crippen LogP contribution in [0.4, 0.5) is 8.78 Å². The summed E-state index contributed by atoms with van der Waals surface area (Å²) < 4.78 is 25.1. The number of nitrogens with zero attached hydrogens (tertiary/aromatic N) is 2. The maximum absolute atomic E-state index is 12.4. The monoisotopic (exact) mass is 324 g/mol. The van der Waals surface area contributed by atoms with Crippen LogP contribution in [-0.4, -0.2) is 4.98 Å². The van der Waals surface area contributed by atoms with Crippen LogP contribution in [0.3, 0.4) is 0 Å². The number of aromatic nitrogens is 1. The van der Waals surface area contributed by atoms with E-state index in [4.69, 9.17) is 5.26 Å². The highest BCUT2D eigenvalue weighted by molar-refractivity contribution is 9.10. The van der Waals surface area contributed by atoms with Crippen LogP contribution in [-0.2, 0) is 5.33 Å². The summed E-state index contributed by atoms with van der Waals surface area (Å²) >= 11 is 6.15. The van der Waals surface area contributed by atoms with E-state index < -0.39 is 6.43 Å². The molecule has 0 saturated heterocycles. The Labute approximate surface area is 96.2 Å². The normalized spacial score (nSPS) is 10.3. The van der Waals surface area contributed by atoms with Gasteiger partial charge in [0.15, 0.2) is 0 Å². The molecule has 0 bridgehead atoms. The van der Waals surface area contributed by atoms with E-state index in [2.05, 4.69) is 36.8 Å². The lowest BCUT2D eigenvalue weighted by molar-refractivity contribution is 0.150. The first-order valence-electron chi connectivity index (χ1n) is 3.53. The van der Waals surface area contributed by atoms with Gasteiger partial charge in [-0.15, -0.1) is 0 Å². The highest BCUT2D eigenvalue weighted by atomic mass is 79.9. The quantitative estimate of drug-likeness (QED) is 0.780. The lowest BCUT2D eigenvalue weighted by Gasteiger charge is -2.07. The average molecular weight is 326 g/mol. The Balaban J connectivity index is 3.37. The van der Waals surface area contributed by atoms with Gasteiger partial charge in [-0.1, -0.05) is 15.9 Å². The van der Waals surface area contributed by atoms with Gasteiger partial charge < -0.3 is 0 Å². The minimum Gasteiger partial charge on any atom is -0.245 e. The Morgan fingerprint density at radius 1 is 1.57 bits per heavy atom. The number of alkyl halides is 3. The van der Waals surface area contributed by atoms with Crippen LogP contribution in [0.25, 0.3) is 0 Å². The maximum Gasteiger partial charge on any atom is 0.266 e. The summed E-state index contributed by atoms with van der Waals surface area (Å²) in [7, 11) is 0. The van der Waals surface area contributed by atoms with Crippen molar-refractivity contribution in [3.05, 3.63) is 27.5 Å². The fraction of sp³-hybridized carbons (Fsp3) is 0.250. The van der Waals surface area contributed by atoms with E-state index in [0.717, 1.165) is 6.20 Å². The van der Waals surface area contributed by atoms with Gasteiger partial charge >= 0.3 is 0 Å². The van der Waals surface area contributed by atoms with E-state index >= 15 is 0 Å². The Hall–Kier alpha value is -0.540. The van der Waals surface area contributed by atoms with Crippen molar-refractivity contribution in [1.29, 1.82) is 5.26 Å². The van der Waals surface area contributed by atoms with Crippen LogP contribution < -0.4 is 0 Å². The summed E-state index contributed by atoms with van der Waals surface area (Å²) in [5.74, 6) is 0. The molecule has 6 heteroatoms. The van der Waals surface area contributed by atoms with E-state index in [-0.39, 0.29) is 15.7 Å². The predicted octanol–water partition coefficient (Wildman–Crippen LogP) is 3.55. The third-order valence-electron chi connectivity index (χ3n) is 1.61. The molecule has 74 valence electrons. The van der Waals surface area contributed by atoms with Crippen molar-refractivity contribution in [2.45, 2.75) is 11.8 Å². The lowest BCUT2D eigenvalue weighted by atomic mass is 10.1. The molecule has 1 aromatic heterocycles. The number of halogens is 4. The van der Waals surface area contributed by atoms with Crippen molar-refractivity contribution in [3.63, 3.8) is 0 Å². The molecule has 0 unspecified atom stereocenters. The van der Waals surface area contributed by atoms with Crippen molar-refractivity contribution < 1.29 is 8.78 Å². The van der Waals surface area contributed by atoms with Crippen molar-refractivity contribution in [2.75, 3.05) is 0 Å². The zero-order valence-electron chi connectivity index (χ0n) is 6.77. The molecule has 0 radical (unpaired) electrons. The molecule has 0 aromatic carbocycles. The summed E-state index contributed by atoms with van der Waals surface area (Å²) in [4.78, 5) is 3.65. The number of nitriles is 1. The van der Waals surface area contributed by atoms with Gasteiger partial charge in [-0.2, -0.15) is 5.26 Å². The Morgan fingerprint density at radius 3 is 2.64 bits per heavy atom. The van der Waals surface area contributed by atoms with Gasteiger partial charge in [0.1, 0.15) is 11.8 Å². The van der Waals surface area contributed by atoms with Crippen molar-refractivity contribution >= 4 is 31.9 Å². The molecule has 0 aliphatic rings. The molecule has 0 atom stereocenters. The van der Waals surface area contributed by atoms with Crippen LogP contribution in [0.2, 0.25) is 0 Å². The summed E-state index contributed by atoms with van der Waals surface area (Å²) in [5, 5.41) is 8.97. The van der Waals surface area contributed by atoms with Gasteiger partial charge in [0, 0.05) is 21.6 Å². The zero-order chi connectivity index (χ0) is 10.7. The number of hydrogen-bond donors (Lipinski definition) is 0. The molecule has 0 fully saturated rings. The molecule has 0 saturated carbocycles. The predicted molar refractivity (Wildman–Crippen MR) is 54.2 cm³/mol. The summed E-state index contributed by atoms with van der Waals surface area (Å²) in [6.07, 6.45) is -1.58. The molecular weight excluding hydrogens is 322 g/mol. The molecule has 0 amide bonds.